The van der Waals surface area contributed by atoms with Crippen LogP contribution in [0.2, 0.25) is 5.02 Å². The molecule has 1 aromatic rings. The molecule has 7 heteroatoms. The molecule has 0 bridgehead atoms. The van der Waals surface area contributed by atoms with Crippen LogP contribution in [0, 0.1) is 0 Å². The number of aliphatic hydroxyl groups is 1. The SMILES string of the molecule is COC(=O)C1=C(CO)NC(C)=C(C(=O)O)C1c1ccccc1Cl. The zero-order chi connectivity index (χ0) is 17.1. The van der Waals surface area contributed by atoms with Crippen molar-refractivity contribution in [1.29, 1.82) is 0 Å². The maximum absolute atomic E-state index is 12.2. The van der Waals surface area contributed by atoms with E-state index in [1.165, 1.54) is 7.11 Å². The molecule has 1 aliphatic rings. The molecule has 0 saturated heterocycles. The van der Waals surface area contributed by atoms with Crippen LogP contribution < -0.4 is 5.32 Å². The molecule has 6 nitrogen and oxygen atoms in total. The molecule has 0 amide bonds. The van der Waals surface area contributed by atoms with Gasteiger partial charge in [0.2, 0.25) is 0 Å². The fourth-order valence-corrected chi connectivity index (χ4v) is 2.92. The number of rotatable bonds is 4. The number of nitrogens with one attached hydrogen (secondary N) is 1. The van der Waals surface area contributed by atoms with Crippen molar-refractivity contribution in [2.75, 3.05) is 13.7 Å². The molecule has 3 N–H and O–H groups in total. The Balaban J connectivity index is 2.76. The van der Waals surface area contributed by atoms with E-state index >= 15 is 0 Å². The van der Waals surface area contributed by atoms with Gasteiger partial charge in [-0.05, 0) is 18.6 Å². The zero-order valence-corrected chi connectivity index (χ0v) is 13.3. The van der Waals surface area contributed by atoms with E-state index in [9.17, 15) is 19.8 Å². The number of aliphatic hydroxyl groups excluding tert-OH is 1. The number of carboxylic acids is 1. The summed E-state index contributed by atoms with van der Waals surface area (Å²) < 4.78 is 4.77. The van der Waals surface area contributed by atoms with Gasteiger partial charge >= 0.3 is 11.9 Å². The molecule has 0 saturated carbocycles. The summed E-state index contributed by atoms with van der Waals surface area (Å²) >= 11 is 6.21. The normalized spacial score (nSPS) is 17.8. The molecule has 1 atom stereocenters. The lowest BCUT2D eigenvalue weighted by Crippen LogP contribution is -2.33. The van der Waals surface area contributed by atoms with E-state index in [0.717, 1.165) is 0 Å². The molecular formula is C16H16ClNO5. The molecule has 1 unspecified atom stereocenters. The highest BCUT2D eigenvalue weighted by molar-refractivity contribution is 6.31. The average Bonchev–Trinajstić information content (AvgIpc) is 2.53. The lowest BCUT2D eigenvalue weighted by atomic mass is 9.80. The van der Waals surface area contributed by atoms with E-state index in [1.54, 1.807) is 31.2 Å². The number of hydrogen-bond acceptors (Lipinski definition) is 5. The molecule has 0 spiro atoms. The van der Waals surface area contributed by atoms with Gasteiger partial charge in [-0.15, -0.1) is 0 Å². The average molecular weight is 338 g/mol. The highest BCUT2D eigenvalue weighted by atomic mass is 35.5. The first-order valence-corrected chi connectivity index (χ1v) is 7.17. The largest absolute Gasteiger partial charge is 0.478 e. The summed E-state index contributed by atoms with van der Waals surface area (Å²) in [5, 5.41) is 22.2. The lowest BCUT2D eigenvalue weighted by molar-refractivity contribution is -0.136. The summed E-state index contributed by atoms with van der Waals surface area (Å²) in [6.45, 7) is 1.10. The number of carbonyl (C=O) groups is 2. The second kappa shape index (κ2) is 6.85. The van der Waals surface area contributed by atoms with Gasteiger partial charge in [0, 0.05) is 10.7 Å². The Labute approximate surface area is 138 Å². The fraction of sp³-hybridized carbons (Fsp3) is 0.250. The summed E-state index contributed by atoms with van der Waals surface area (Å²) in [6, 6.07) is 6.66. The van der Waals surface area contributed by atoms with Gasteiger partial charge in [-0.1, -0.05) is 29.8 Å². The monoisotopic (exact) mass is 337 g/mol. The molecule has 0 radical (unpaired) electrons. The smallest absolute Gasteiger partial charge is 0.336 e. The number of ether oxygens (including phenoxy) is 1. The number of methoxy groups -OCH3 is 1. The molecule has 2 rings (SSSR count). The first kappa shape index (κ1) is 17.1. The first-order chi connectivity index (χ1) is 10.9. The highest BCUT2D eigenvalue weighted by Gasteiger charge is 2.38. The number of halogens is 1. The minimum absolute atomic E-state index is 0.0179. The van der Waals surface area contributed by atoms with Crippen LogP contribution in [0.4, 0.5) is 0 Å². The Morgan fingerprint density at radius 3 is 2.48 bits per heavy atom. The van der Waals surface area contributed by atoms with Crippen LogP contribution in [0.15, 0.2) is 46.8 Å². The van der Waals surface area contributed by atoms with Crippen molar-refractivity contribution in [2.24, 2.45) is 0 Å². The minimum atomic E-state index is -1.18. The van der Waals surface area contributed by atoms with E-state index in [1.807, 2.05) is 0 Å². The van der Waals surface area contributed by atoms with E-state index in [0.29, 0.717) is 16.3 Å². The lowest BCUT2D eigenvalue weighted by Gasteiger charge is -2.30. The van der Waals surface area contributed by atoms with Crippen LogP contribution >= 0.6 is 11.6 Å². The van der Waals surface area contributed by atoms with Crippen LogP contribution in [0.5, 0.6) is 0 Å². The summed E-state index contributed by atoms with van der Waals surface area (Å²) in [5.74, 6) is -2.84. The van der Waals surface area contributed by atoms with Gasteiger partial charge in [-0.25, -0.2) is 9.59 Å². The van der Waals surface area contributed by atoms with Gasteiger partial charge in [0.1, 0.15) is 0 Å². The van der Waals surface area contributed by atoms with Gasteiger partial charge in [0.25, 0.3) is 0 Å². The second-order valence-corrected chi connectivity index (χ2v) is 5.37. The third-order valence-electron chi connectivity index (χ3n) is 3.65. The Morgan fingerprint density at radius 1 is 1.30 bits per heavy atom. The predicted octanol–water partition coefficient (Wildman–Crippen LogP) is 1.80. The van der Waals surface area contributed by atoms with E-state index < -0.39 is 24.5 Å². The number of aliphatic carboxylic acids is 1. The third kappa shape index (κ3) is 3.09. The van der Waals surface area contributed by atoms with Crippen molar-refractivity contribution in [3.8, 4) is 0 Å². The van der Waals surface area contributed by atoms with Gasteiger partial charge in [-0.2, -0.15) is 0 Å². The van der Waals surface area contributed by atoms with Crippen LogP contribution in [-0.4, -0.2) is 35.9 Å². The van der Waals surface area contributed by atoms with Crippen molar-refractivity contribution < 1.29 is 24.5 Å². The summed E-state index contributed by atoms with van der Waals surface area (Å²) in [5.41, 5.74) is 1.00. The van der Waals surface area contributed by atoms with Crippen LogP contribution in [0.3, 0.4) is 0 Å². The van der Waals surface area contributed by atoms with Gasteiger partial charge in [0.05, 0.1) is 36.5 Å². The fourth-order valence-electron chi connectivity index (χ4n) is 2.68. The van der Waals surface area contributed by atoms with Crippen LogP contribution in [-0.2, 0) is 14.3 Å². The predicted molar refractivity (Wildman–Crippen MR) is 83.8 cm³/mol. The number of carbonyl (C=O) groups excluding carboxylic acids is 1. The number of esters is 1. The molecule has 0 aromatic heterocycles. The molecule has 23 heavy (non-hydrogen) atoms. The summed E-state index contributed by atoms with van der Waals surface area (Å²) in [4.78, 5) is 23.9. The maximum Gasteiger partial charge on any atom is 0.336 e. The Morgan fingerprint density at radius 2 is 1.96 bits per heavy atom. The molecule has 122 valence electrons. The second-order valence-electron chi connectivity index (χ2n) is 4.97. The van der Waals surface area contributed by atoms with Gasteiger partial charge < -0.3 is 20.3 Å². The molecule has 1 aromatic carbocycles. The van der Waals surface area contributed by atoms with E-state index in [4.69, 9.17) is 16.3 Å². The molecule has 0 aliphatic carbocycles. The van der Waals surface area contributed by atoms with Crippen LogP contribution in [0.1, 0.15) is 18.4 Å². The quantitative estimate of drug-likeness (QED) is 0.725. The molecule has 1 aliphatic heterocycles. The zero-order valence-electron chi connectivity index (χ0n) is 12.6. The number of benzene rings is 1. The van der Waals surface area contributed by atoms with E-state index in [2.05, 4.69) is 5.32 Å². The molecule has 0 fully saturated rings. The topological polar surface area (TPSA) is 95.9 Å². The number of carboxylic acid groups (broad SMARTS) is 1. The third-order valence-corrected chi connectivity index (χ3v) is 4.00. The van der Waals surface area contributed by atoms with Gasteiger partial charge in [0.15, 0.2) is 0 Å². The molecular weight excluding hydrogens is 322 g/mol. The van der Waals surface area contributed by atoms with Crippen molar-refractivity contribution in [1.82, 2.24) is 5.32 Å². The Hall–Kier alpha value is -2.31. The minimum Gasteiger partial charge on any atom is -0.478 e. The summed E-state index contributed by atoms with van der Waals surface area (Å²) in [7, 11) is 1.19. The maximum atomic E-state index is 12.2. The summed E-state index contributed by atoms with van der Waals surface area (Å²) in [6.07, 6.45) is 0. The van der Waals surface area contributed by atoms with Crippen molar-refractivity contribution in [3.05, 3.63) is 57.4 Å². The van der Waals surface area contributed by atoms with Crippen molar-refractivity contribution in [2.45, 2.75) is 12.8 Å². The van der Waals surface area contributed by atoms with E-state index in [-0.39, 0.29) is 16.8 Å². The number of hydrogen-bond donors (Lipinski definition) is 3. The van der Waals surface area contributed by atoms with Gasteiger partial charge in [-0.3, -0.25) is 0 Å². The number of dihydropyridines is 1. The standard InChI is InChI=1S/C16H16ClNO5/c1-8-12(15(20)21)13(9-5-3-4-6-10(9)17)14(16(22)23-2)11(7-19)18-8/h3-6,13,18-19H,7H2,1-2H3,(H,20,21). The van der Waals surface area contributed by atoms with Crippen molar-refractivity contribution in [3.63, 3.8) is 0 Å². The highest BCUT2D eigenvalue weighted by Crippen LogP contribution is 2.41. The van der Waals surface area contributed by atoms with Crippen molar-refractivity contribution >= 4 is 23.5 Å². The Kier molecular flexibility index (Phi) is 5.08. The van der Waals surface area contributed by atoms with Crippen LogP contribution in [0.25, 0.3) is 0 Å². The molecule has 1 heterocycles. The first-order valence-electron chi connectivity index (χ1n) is 6.80. The number of allylic oxidation sites excluding steroid dienone is 1. The Bertz CT molecular complexity index is 723.